The first kappa shape index (κ1) is 14.4. The smallest absolute Gasteiger partial charge is 0.328 e. The molecule has 116 valence electrons. The lowest BCUT2D eigenvalue weighted by molar-refractivity contribution is -0.142. The number of nitrogens with one attached hydrogen (secondary N) is 1. The minimum Gasteiger partial charge on any atom is -0.481 e. The van der Waals surface area contributed by atoms with Gasteiger partial charge in [-0.15, -0.1) is 0 Å². The van der Waals surface area contributed by atoms with Gasteiger partial charge in [-0.2, -0.15) is 5.10 Å². The second-order valence-corrected chi connectivity index (χ2v) is 5.11. The maximum absolute atomic E-state index is 12.1. The molecule has 7 heteroatoms. The van der Waals surface area contributed by atoms with Crippen LogP contribution in [-0.4, -0.2) is 41.4 Å². The number of carbonyl (C=O) groups is 1. The summed E-state index contributed by atoms with van der Waals surface area (Å²) in [6.45, 7) is 0.490. The molecular formula is C15H18N4O3. The van der Waals surface area contributed by atoms with E-state index in [0.29, 0.717) is 18.8 Å². The van der Waals surface area contributed by atoms with E-state index in [1.807, 2.05) is 17.0 Å². The first-order valence-electron chi connectivity index (χ1n) is 7.09. The highest BCUT2D eigenvalue weighted by atomic mass is 16.5. The van der Waals surface area contributed by atoms with Crippen molar-refractivity contribution in [1.82, 2.24) is 15.2 Å². The number of hydrogen-bond donors (Lipinski definition) is 1. The van der Waals surface area contributed by atoms with Crippen LogP contribution < -0.4 is 9.64 Å². The molecule has 1 N–H and O–H groups in total. The molecule has 0 saturated heterocycles. The first-order valence-corrected chi connectivity index (χ1v) is 7.09. The van der Waals surface area contributed by atoms with E-state index >= 15 is 0 Å². The van der Waals surface area contributed by atoms with Crippen molar-refractivity contribution < 1.29 is 14.3 Å². The van der Waals surface area contributed by atoms with Gasteiger partial charge in [0.1, 0.15) is 6.04 Å². The average Bonchev–Trinajstić information content (AvgIpc) is 3.03. The Labute approximate surface area is 128 Å². The maximum Gasteiger partial charge on any atom is 0.328 e. The van der Waals surface area contributed by atoms with Gasteiger partial charge in [0, 0.05) is 6.07 Å². The SMILES string of the molecule is COC(=O)C1CCc2[nH]ncc2N1Cc1cccc(OC)n1. The molecule has 3 heterocycles. The molecule has 0 aromatic carbocycles. The summed E-state index contributed by atoms with van der Waals surface area (Å²) in [5.74, 6) is 0.311. The number of aryl methyl sites for hydroxylation is 1. The molecule has 1 aliphatic heterocycles. The van der Waals surface area contributed by atoms with Crippen molar-refractivity contribution in [3.05, 3.63) is 35.8 Å². The number of esters is 1. The normalized spacial score (nSPS) is 17.0. The number of aromatic amines is 1. The second-order valence-electron chi connectivity index (χ2n) is 5.11. The van der Waals surface area contributed by atoms with Gasteiger partial charge in [0.15, 0.2) is 0 Å². The lowest BCUT2D eigenvalue weighted by atomic mass is 10.0. The number of aromatic nitrogens is 3. The monoisotopic (exact) mass is 302 g/mol. The van der Waals surface area contributed by atoms with Crippen molar-refractivity contribution in [2.45, 2.75) is 25.4 Å². The summed E-state index contributed by atoms with van der Waals surface area (Å²) in [7, 11) is 2.99. The Kier molecular flexibility index (Phi) is 3.95. The van der Waals surface area contributed by atoms with Crippen molar-refractivity contribution in [3.63, 3.8) is 0 Å². The van der Waals surface area contributed by atoms with Crippen LogP contribution >= 0.6 is 0 Å². The summed E-state index contributed by atoms with van der Waals surface area (Å²) in [5, 5.41) is 7.07. The van der Waals surface area contributed by atoms with Crippen molar-refractivity contribution in [2.75, 3.05) is 19.1 Å². The van der Waals surface area contributed by atoms with Crippen LogP contribution in [0.25, 0.3) is 0 Å². The second kappa shape index (κ2) is 6.05. The van der Waals surface area contributed by atoms with E-state index in [0.717, 1.165) is 23.5 Å². The van der Waals surface area contributed by atoms with Crippen molar-refractivity contribution >= 4 is 11.7 Å². The lowest BCUT2D eigenvalue weighted by Gasteiger charge is -2.34. The van der Waals surface area contributed by atoms with E-state index in [1.165, 1.54) is 7.11 Å². The number of hydrogen-bond acceptors (Lipinski definition) is 6. The zero-order chi connectivity index (χ0) is 15.5. The number of fused-ring (bicyclic) bond motifs is 1. The summed E-state index contributed by atoms with van der Waals surface area (Å²) >= 11 is 0. The Morgan fingerprint density at radius 2 is 2.32 bits per heavy atom. The van der Waals surface area contributed by atoms with E-state index in [9.17, 15) is 4.79 Å². The minimum atomic E-state index is -0.330. The Bertz CT molecular complexity index is 670. The van der Waals surface area contributed by atoms with Crippen molar-refractivity contribution in [2.24, 2.45) is 0 Å². The van der Waals surface area contributed by atoms with Gasteiger partial charge in [-0.05, 0) is 18.9 Å². The van der Waals surface area contributed by atoms with Crippen LogP contribution in [-0.2, 0) is 22.5 Å². The van der Waals surface area contributed by atoms with E-state index in [2.05, 4.69) is 15.2 Å². The highest BCUT2D eigenvalue weighted by Gasteiger charge is 2.33. The van der Waals surface area contributed by atoms with Crippen molar-refractivity contribution in [3.8, 4) is 5.88 Å². The molecule has 2 aromatic rings. The molecular weight excluding hydrogens is 284 g/mol. The summed E-state index contributed by atoms with van der Waals surface area (Å²) in [6, 6.07) is 5.25. The number of carbonyl (C=O) groups excluding carboxylic acids is 1. The number of pyridine rings is 1. The van der Waals surface area contributed by atoms with Gasteiger partial charge >= 0.3 is 5.97 Å². The molecule has 3 rings (SSSR count). The summed E-state index contributed by atoms with van der Waals surface area (Å²) in [6.07, 6.45) is 3.20. The highest BCUT2D eigenvalue weighted by Crippen LogP contribution is 2.31. The zero-order valence-corrected chi connectivity index (χ0v) is 12.6. The predicted molar refractivity (Wildman–Crippen MR) is 79.7 cm³/mol. The van der Waals surface area contributed by atoms with Crippen LogP contribution in [0.1, 0.15) is 17.8 Å². The third kappa shape index (κ3) is 2.61. The molecule has 1 unspecified atom stereocenters. The number of nitrogens with zero attached hydrogens (tertiary/aromatic N) is 3. The van der Waals surface area contributed by atoms with Crippen molar-refractivity contribution in [1.29, 1.82) is 0 Å². The molecule has 22 heavy (non-hydrogen) atoms. The molecule has 1 atom stereocenters. The Morgan fingerprint density at radius 3 is 3.09 bits per heavy atom. The molecule has 2 aromatic heterocycles. The zero-order valence-electron chi connectivity index (χ0n) is 12.6. The van der Waals surface area contributed by atoms with Crippen LogP contribution in [0.3, 0.4) is 0 Å². The Balaban J connectivity index is 1.91. The van der Waals surface area contributed by atoms with Gasteiger partial charge < -0.3 is 14.4 Å². The van der Waals surface area contributed by atoms with Gasteiger partial charge in [0.2, 0.25) is 5.88 Å². The lowest BCUT2D eigenvalue weighted by Crippen LogP contribution is -2.44. The fourth-order valence-corrected chi connectivity index (χ4v) is 2.75. The predicted octanol–water partition coefficient (Wildman–Crippen LogP) is 1.31. The number of rotatable bonds is 4. The number of H-pyrrole nitrogens is 1. The van der Waals surface area contributed by atoms with Crippen LogP contribution in [0.15, 0.2) is 24.4 Å². The molecule has 0 spiro atoms. The van der Waals surface area contributed by atoms with Gasteiger partial charge in [-0.25, -0.2) is 9.78 Å². The van der Waals surface area contributed by atoms with Gasteiger partial charge in [-0.1, -0.05) is 6.07 Å². The largest absolute Gasteiger partial charge is 0.481 e. The summed E-state index contributed by atoms with van der Waals surface area (Å²) in [5.41, 5.74) is 2.77. The molecule has 7 nitrogen and oxygen atoms in total. The third-order valence-corrected chi connectivity index (χ3v) is 3.84. The van der Waals surface area contributed by atoms with E-state index < -0.39 is 0 Å². The number of methoxy groups -OCH3 is 2. The summed E-state index contributed by atoms with van der Waals surface area (Å²) in [4.78, 5) is 18.5. The maximum atomic E-state index is 12.1. The standard InChI is InChI=1S/C15H18N4O3/c1-21-14-5-3-4-10(17-14)9-19-12(15(20)22-2)7-6-11-13(19)8-16-18-11/h3-5,8,12H,6-7,9H2,1-2H3,(H,16,18). The van der Waals surface area contributed by atoms with E-state index in [1.54, 1.807) is 19.4 Å². The number of ether oxygens (including phenoxy) is 2. The topological polar surface area (TPSA) is 80.3 Å². The Morgan fingerprint density at radius 1 is 1.45 bits per heavy atom. The number of anilines is 1. The molecule has 0 saturated carbocycles. The van der Waals surface area contributed by atoms with E-state index in [-0.39, 0.29) is 12.0 Å². The van der Waals surface area contributed by atoms with Gasteiger partial charge in [0.25, 0.3) is 0 Å². The van der Waals surface area contributed by atoms with Gasteiger partial charge in [-0.3, -0.25) is 5.10 Å². The first-order chi connectivity index (χ1) is 10.7. The van der Waals surface area contributed by atoms with Crippen LogP contribution in [0.5, 0.6) is 5.88 Å². The van der Waals surface area contributed by atoms with E-state index in [4.69, 9.17) is 9.47 Å². The minimum absolute atomic E-state index is 0.241. The fourth-order valence-electron chi connectivity index (χ4n) is 2.75. The molecule has 0 aliphatic carbocycles. The highest BCUT2D eigenvalue weighted by molar-refractivity contribution is 5.81. The van der Waals surface area contributed by atoms with Crippen LogP contribution in [0.4, 0.5) is 5.69 Å². The summed E-state index contributed by atoms with van der Waals surface area (Å²) < 4.78 is 10.1. The molecule has 0 radical (unpaired) electrons. The quantitative estimate of drug-likeness (QED) is 0.858. The third-order valence-electron chi connectivity index (χ3n) is 3.84. The molecule has 1 aliphatic rings. The molecule has 0 amide bonds. The van der Waals surface area contributed by atoms with Gasteiger partial charge in [0.05, 0.1) is 44.0 Å². The molecule has 0 bridgehead atoms. The van der Waals surface area contributed by atoms with Crippen LogP contribution in [0, 0.1) is 0 Å². The molecule has 0 fully saturated rings. The average molecular weight is 302 g/mol. The Hall–Kier alpha value is -2.57. The fraction of sp³-hybridized carbons (Fsp3) is 0.400. The van der Waals surface area contributed by atoms with Crippen LogP contribution in [0.2, 0.25) is 0 Å².